The summed E-state index contributed by atoms with van der Waals surface area (Å²) in [4.78, 5) is 11.4. The lowest BCUT2D eigenvalue weighted by atomic mass is 10.1. The van der Waals surface area contributed by atoms with Gasteiger partial charge >= 0.3 is 5.97 Å². The summed E-state index contributed by atoms with van der Waals surface area (Å²) < 4.78 is 4.70. The van der Waals surface area contributed by atoms with Crippen molar-refractivity contribution in [2.75, 3.05) is 13.7 Å². The van der Waals surface area contributed by atoms with Crippen LogP contribution in [-0.4, -0.2) is 36.7 Å². The van der Waals surface area contributed by atoms with Crippen molar-refractivity contribution < 1.29 is 9.53 Å². The number of rotatable bonds is 4. The van der Waals surface area contributed by atoms with Crippen LogP contribution in [0.5, 0.6) is 0 Å². The number of carbonyl (C=O) groups is 1. The Kier molecular flexibility index (Phi) is 4.77. The fourth-order valence-electron chi connectivity index (χ4n) is 2.04. The molecule has 1 rings (SSSR count). The van der Waals surface area contributed by atoms with Crippen molar-refractivity contribution in [3.63, 3.8) is 0 Å². The van der Waals surface area contributed by atoms with Gasteiger partial charge in [0.15, 0.2) is 0 Å². The van der Waals surface area contributed by atoms with E-state index in [-0.39, 0.29) is 24.0 Å². The van der Waals surface area contributed by atoms with E-state index in [1.807, 2.05) is 13.8 Å². The average molecular weight is 242 g/mol. The van der Waals surface area contributed by atoms with Crippen LogP contribution in [0, 0.1) is 5.92 Å². The Morgan fingerprint density at radius 2 is 2.24 bits per heavy atom. The Bertz CT molecular complexity index is 304. The van der Waals surface area contributed by atoms with Gasteiger partial charge in [-0.1, -0.05) is 13.8 Å². The van der Waals surface area contributed by atoms with Gasteiger partial charge in [-0.2, -0.15) is 0 Å². The first kappa shape index (κ1) is 13.8. The van der Waals surface area contributed by atoms with Gasteiger partial charge in [-0.25, -0.2) is 5.84 Å². The molecule has 0 bridgehead atoms. The molecule has 2 atom stereocenters. The van der Waals surface area contributed by atoms with Crippen LogP contribution >= 0.6 is 0 Å². The van der Waals surface area contributed by atoms with Gasteiger partial charge in [0.25, 0.3) is 0 Å². The molecule has 6 nitrogen and oxygen atoms in total. The predicted octanol–water partition coefficient (Wildman–Crippen LogP) is -0.478. The molecular weight excluding hydrogens is 220 g/mol. The van der Waals surface area contributed by atoms with E-state index in [9.17, 15) is 4.79 Å². The van der Waals surface area contributed by atoms with Crippen LogP contribution < -0.4 is 16.9 Å². The second kappa shape index (κ2) is 5.88. The van der Waals surface area contributed by atoms with E-state index in [0.29, 0.717) is 13.0 Å². The van der Waals surface area contributed by atoms with E-state index >= 15 is 0 Å². The SMILES string of the molecule is COC(=O)C1CC(N(N)/C(=C\N)C(C)C)CN1. The van der Waals surface area contributed by atoms with Crippen molar-refractivity contribution in [3.8, 4) is 0 Å². The predicted molar refractivity (Wildman–Crippen MR) is 65.3 cm³/mol. The highest BCUT2D eigenvalue weighted by Gasteiger charge is 2.33. The average Bonchev–Trinajstić information content (AvgIpc) is 2.77. The molecule has 0 saturated carbocycles. The molecule has 0 aliphatic carbocycles. The lowest BCUT2D eigenvalue weighted by Gasteiger charge is -2.29. The number of hydrazine groups is 1. The molecule has 2 unspecified atom stereocenters. The number of nitrogens with two attached hydrogens (primary N) is 2. The Morgan fingerprint density at radius 3 is 2.71 bits per heavy atom. The molecule has 5 N–H and O–H groups in total. The van der Waals surface area contributed by atoms with Crippen LogP contribution in [0.15, 0.2) is 11.9 Å². The Labute approximate surface area is 102 Å². The van der Waals surface area contributed by atoms with Gasteiger partial charge in [-0.3, -0.25) is 4.79 Å². The molecule has 0 spiro atoms. The number of esters is 1. The normalized spacial score (nSPS) is 25.1. The summed E-state index contributed by atoms with van der Waals surface area (Å²) in [6, 6.07) is -0.210. The van der Waals surface area contributed by atoms with Crippen LogP contribution in [0.1, 0.15) is 20.3 Å². The third-order valence-electron chi connectivity index (χ3n) is 3.05. The molecule has 0 amide bonds. The van der Waals surface area contributed by atoms with Crippen LogP contribution in [0.2, 0.25) is 0 Å². The standard InChI is InChI=1S/C11H22N4O2/c1-7(2)10(5-12)15(13)8-4-9(14-6-8)11(16)17-3/h5,7-9,14H,4,6,12-13H2,1-3H3/b10-5-. The highest BCUT2D eigenvalue weighted by Crippen LogP contribution is 2.19. The van der Waals surface area contributed by atoms with Gasteiger partial charge in [0.05, 0.1) is 13.2 Å². The molecule has 98 valence electrons. The smallest absolute Gasteiger partial charge is 0.322 e. The zero-order chi connectivity index (χ0) is 13.0. The number of methoxy groups -OCH3 is 1. The maximum atomic E-state index is 11.4. The van der Waals surface area contributed by atoms with Gasteiger partial charge < -0.3 is 20.8 Å². The Balaban J connectivity index is 2.62. The molecule has 1 aliphatic heterocycles. The maximum Gasteiger partial charge on any atom is 0.322 e. The van der Waals surface area contributed by atoms with Gasteiger partial charge in [0, 0.05) is 18.4 Å². The number of allylic oxidation sites excluding steroid dienone is 1. The zero-order valence-electron chi connectivity index (χ0n) is 10.6. The first-order chi connectivity index (χ1) is 8.01. The highest BCUT2D eigenvalue weighted by molar-refractivity contribution is 5.76. The molecule has 6 heteroatoms. The summed E-state index contributed by atoms with van der Waals surface area (Å²) in [6.07, 6.45) is 2.16. The molecule has 1 fully saturated rings. The lowest BCUT2D eigenvalue weighted by Crippen LogP contribution is -2.43. The number of nitrogens with zero attached hydrogens (tertiary/aromatic N) is 1. The molecule has 0 aromatic heterocycles. The summed E-state index contributed by atoms with van der Waals surface area (Å²) in [5, 5.41) is 4.75. The second-order valence-corrected chi connectivity index (χ2v) is 4.53. The van der Waals surface area contributed by atoms with Crippen molar-refractivity contribution in [2.24, 2.45) is 17.5 Å². The van der Waals surface area contributed by atoms with Gasteiger partial charge in [-0.15, -0.1) is 0 Å². The molecule has 17 heavy (non-hydrogen) atoms. The minimum atomic E-state index is -0.276. The van der Waals surface area contributed by atoms with E-state index in [2.05, 4.69) is 5.32 Å². The molecule has 0 aromatic rings. The van der Waals surface area contributed by atoms with Crippen molar-refractivity contribution in [2.45, 2.75) is 32.4 Å². The van der Waals surface area contributed by atoms with Crippen LogP contribution in [0.4, 0.5) is 0 Å². The first-order valence-electron chi connectivity index (χ1n) is 5.78. The van der Waals surface area contributed by atoms with Gasteiger partial charge in [-0.05, 0) is 12.3 Å². The number of hydrogen-bond acceptors (Lipinski definition) is 6. The largest absolute Gasteiger partial charge is 0.468 e. The monoisotopic (exact) mass is 242 g/mol. The van der Waals surface area contributed by atoms with E-state index in [1.54, 1.807) is 5.01 Å². The van der Waals surface area contributed by atoms with E-state index in [0.717, 1.165) is 5.70 Å². The van der Waals surface area contributed by atoms with Gasteiger partial charge in [0.2, 0.25) is 0 Å². The number of carbonyl (C=O) groups excluding carboxylic acids is 1. The van der Waals surface area contributed by atoms with E-state index in [1.165, 1.54) is 13.3 Å². The summed E-state index contributed by atoms with van der Waals surface area (Å²) in [6.45, 7) is 4.71. The van der Waals surface area contributed by atoms with Gasteiger partial charge in [0.1, 0.15) is 6.04 Å². The summed E-state index contributed by atoms with van der Waals surface area (Å²) in [5.41, 5.74) is 6.44. The maximum absolute atomic E-state index is 11.4. The third-order valence-corrected chi connectivity index (χ3v) is 3.05. The summed E-state index contributed by atoms with van der Waals surface area (Å²) in [5.74, 6) is 6.04. The van der Waals surface area contributed by atoms with Crippen LogP contribution in [-0.2, 0) is 9.53 Å². The number of nitrogens with one attached hydrogen (secondary N) is 1. The fourth-order valence-corrected chi connectivity index (χ4v) is 2.04. The van der Waals surface area contributed by atoms with Crippen molar-refractivity contribution in [3.05, 3.63) is 11.9 Å². The number of ether oxygens (including phenoxy) is 1. The Hall–Kier alpha value is -1.27. The lowest BCUT2D eigenvalue weighted by molar-refractivity contribution is -0.142. The first-order valence-corrected chi connectivity index (χ1v) is 5.78. The molecule has 1 aliphatic rings. The fraction of sp³-hybridized carbons (Fsp3) is 0.727. The topological polar surface area (TPSA) is 93.6 Å². The quantitative estimate of drug-likeness (QED) is 0.350. The van der Waals surface area contributed by atoms with E-state index in [4.69, 9.17) is 16.3 Å². The summed E-state index contributed by atoms with van der Waals surface area (Å²) >= 11 is 0. The summed E-state index contributed by atoms with van der Waals surface area (Å²) in [7, 11) is 1.39. The highest BCUT2D eigenvalue weighted by atomic mass is 16.5. The molecule has 0 aromatic carbocycles. The second-order valence-electron chi connectivity index (χ2n) is 4.53. The molecule has 0 radical (unpaired) electrons. The molecular formula is C11H22N4O2. The van der Waals surface area contributed by atoms with Crippen molar-refractivity contribution in [1.82, 2.24) is 10.3 Å². The Morgan fingerprint density at radius 1 is 1.59 bits per heavy atom. The van der Waals surface area contributed by atoms with Crippen LogP contribution in [0.25, 0.3) is 0 Å². The zero-order valence-corrected chi connectivity index (χ0v) is 10.6. The van der Waals surface area contributed by atoms with E-state index < -0.39 is 0 Å². The minimum Gasteiger partial charge on any atom is -0.468 e. The van der Waals surface area contributed by atoms with Crippen molar-refractivity contribution in [1.29, 1.82) is 0 Å². The minimum absolute atomic E-state index is 0.0660. The number of hydrogen-bond donors (Lipinski definition) is 3. The molecule has 1 saturated heterocycles. The third kappa shape index (κ3) is 3.10. The van der Waals surface area contributed by atoms with Crippen molar-refractivity contribution >= 4 is 5.97 Å². The van der Waals surface area contributed by atoms with Crippen LogP contribution in [0.3, 0.4) is 0 Å². The molecule has 1 heterocycles.